The van der Waals surface area contributed by atoms with E-state index in [-0.39, 0.29) is 13.1 Å². The number of hydrogen-bond donors (Lipinski definition) is 6. The van der Waals surface area contributed by atoms with Crippen molar-refractivity contribution in [2.45, 2.75) is 12.1 Å². The highest BCUT2D eigenvalue weighted by atomic mass is 16.4. The highest BCUT2D eigenvalue weighted by Crippen LogP contribution is 2.14. The summed E-state index contributed by atoms with van der Waals surface area (Å²) in [5, 5.41) is 42.2. The summed E-state index contributed by atoms with van der Waals surface area (Å²) in [6.07, 6.45) is 0. The van der Waals surface area contributed by atoms with E-state index in [0.29, 0.717) is 11.1 Å². The van der Waals surface area contributed by atoms with Crippen LogP contribution < -0.4 is 10.6 Å². The molecule has 0 radical (unpaired) electrons. The molecule has 0 aliphatic rings. The maximum atomic E-state index is 12.6. The first-order chi connectivity index (χ1) is 19.0. The van der Waals surface area contributed by atoms with Crippen LogP contribution in [0.25, 0.3) is 0 Å². The minimum absolute atomic E-state index is 0.176. The molecule has 0 aromatic heterocycles. The van der Waals surface area contributed by atoms with Crippen molar-refractivity contribution in [3.63, 3.8) is 0 Å². The van der Waals surface area contributed by atoms with Crippen LogP contribution in [0, 0.1) is 0 Å². The van der Waals surface area contributed by atoms with Gasteiger partial charge in [0.05, 0.1) is 26.2 Å². The lowest BCUT2D eigenvalue weighted by molar-refractivity contribution is -0.143. The topological polar surface area (TPSA) is 214 Å². The fourth-order valence-corrected chi connectivity index (χ4v) is 3.78. The summed E-state index contributed by atoms with van der Waals surface area (Å²) >= 11 is 0. The van der Waals surface area contributed by atoms with Crippen molar-refractivity contribution in [2.75, 3.05) is 39.3 Å². The second-order valence-corrected chi connectivity index (χ2v) is 8.71. The van der Waals surface area contributed by atoms with Gasteiger partial charge in [-0.25, -0.2) is 9.59 Å². The summed E-state index contributed by atoms with van der Waals surface area (Å²) in [5.74, 6) is -6.80. The van der Waals surface area contributed by atoms with Gasteiger partial charge in [0.1, 0.15) is 0 Å². The summed E-state index contributed by atoms with van der Waals surface area (Å²) in [6.45, 7) is -2.65. The summed E-state index contributed by atoms with van der Waals surface area (Å²) in [7, 11) is 0. The quantitative estimate of drug-likeness (QED) is 0.147. The molecule has 0 unspecified atom stereocenters. The maximum absolute atomic E-state index is 12.6. The largest absolute Gasteiger partial charge is 0.480 e. The fraction of sp³-hybridized carbons (Fsp3) is 0.308. The van der Waals surface area contributed by atoms with Gasteiger partial charge in [-0.15, -0.1) is 0 Å². The molecule has 6 N–H and O–H groups in total. The molecule has 2 rings (SSSR count). The molecule has 214 valence electrons. The number of carboxylic acid groups (broad SMARTS) is 4. The molecule has 0 aliphatic carbocycles. The highest BCUT2D eigenvalue weighted by Gasteiger charge is 2.26. The van der Waals surface area contributed by atoms with Crippen LogP contribution >= 0.6 is 0 Å². The van der Waals surface area contributed by atoms with Gasteiger partial charge >= 0.3 is 23.9 Å². The molecule has 14 nitrogen and oxygen atoms in total. The summed E-state index contributed by atoms with van der Waals surface area (Å²) in [6, 6.07) is 13.0. The highest BCUT2D eigenvalue weighted by molar-refractivity contribution is 5.86. The number of carbonyl (C=O) groups excluding carboxylic acids is 2. The first-order valence-electron chi connectivity index (χ1n) is 12.0. The third-order valence-electron chi connectivity index (χ3n) is 5.55. The molecular weight excluding hydrogens is 528 g/mol. The Bertz CT molecular complexity index is 1100. The molecule has 0 fully saturated rings. The van der Waals surface area contributed by atoms with Gasteiger partial charge in [0.2, 0.25) is 11.8 Å². The van der Waals surface area contributed by atoms with Gasteiger partial charge in [0, 0.05) is 13.1 Å². The van der Waals surface area contributed by atoms with Crippen LogP contribution in [0.1, 0.15) is 23.2 Å². The Hall–Kier alpha value is -4.82. The summed E-state index contributed by atoms with van der Waals surface area (Å²) < 4.78 is 0. The number of aliphatic carboxylic acids is 4. The lowest BCUT2D eigenvalue weighted by Gasteiger charge is -2.26. The molecule has 0 bridgehead atoms. The van der Waals surface area contributed by atoms with Crippen molar-refractivity contribution < 1.29 is 49.2 Å². The Kier molecular flexibility index (Phi) is 12.2. The smallest absolute Gasteiger partial charge is 0.330 e. The van der Waals surface area contributed by atoms with Gasteiger partial charge in [-0.3, -0.25) is 29.0 Å². The standard InChI is InChI=1S/C26H30N4O10/c31-19(27-23(25(37)38)17-7-3-1-4-8-17)13-29(15-21(33)34)11-12-30(16-22(35)36)14-20(32)28-24(26(39)40)18-9-5-2-6-10-18/h1-10,23-24H,11-16H2,(H,27,31)(H,28,32)(H,33,34)(H,35,36)(H,37,38)(H,39,40)/t23-,24-/m1/s1. The number of amides is 2. The summed E-state index contributed by atoms with van der Waals surface area (Å²) in [5.41, 5.74) is 0.615. The molecule has 40 heavy (non-hydrogen) atoms. The number of carbonyl (C=O) groups is 6. The Balaban J connectivity index is 2.06. The van der Waals surface area contributed by atoms with E-state index in [1.165, 1.54) is 24.3 Å². The van der Waals surface area contributed by atoms with E-state index in [2.05, 4.69) is 10.6 Å². The predicted octanol–water partition coefficient (Wildman–Crippen LogP) is -0.356. The zero-order valence-corrected chi connectivity index (χ0v) is 21.3. The number of nitrogens with zero attached hydrogens (tertiary/aromatic N) is 2. The van der Waals surface area contributed by atoms with Crippen LogP contribution in [0.5, 0.6) is 0 Å². The van der Waals surface area contributed by atoms with Crippen LogP contribution in [-0.4, -0.2) is 105 Å². The van der Waals surface area contributed by atoms with E-state index >= 15 is 0 Å². The van der Waals surface area contributed by atoms with E-state index in [0.717, 1.165) is 9.80 Å². The molecule has 2 aromatic carbocycles. The van der Waals surface area contributed by atoms with Gasteiger partial charge in [-0.2, -0.15) is 0 Å². The van der Waals surface area contributed by atoms with Crippen molar-refractivity contribution in [2.24, 2.45) is 0 Å². The zero-order chi connectivity index (χ0) is 29.7. The van der Waals surface area contributed by atoms with Crippen molar-refractivity contribution in [1.82, 2.24) is 20.4 Å². The molecule has 14 heteroatoms. The Labute approximate surface area is 228 Å². The van der Waals surface area contributed by atoms with Crippen molar-refractivity contribution in [3.8, 4) is 0 Å². The van der Waals surface area contributed by atoms with Gasteiger partial charge in [0.15, 0.2) is 12.1 Å². The Morgan fingerprint density at radius 2 is 0.875 bits per heavy atom. The van der Waals surface area contributed by atoms with Crippen LogP contribution in [0.2, 0.25) is 0 Å². The second kappa shape index (κ2) is 15.6. The first-order valence-corrected chi connectivity index (χ1v) is 12.0. The zero-order valence-electron chi connectivity index (χ0n) is 21.3. The number of nitrogens with one attached hydrogen (secondary N) is 2. The molecule has 2 aromatic rings. The molecule has 0 spiro atoms. The molecule has 0 aliphatic heterocycles. The average molecular weight is 559 g/mol. The Morgan fingerprint density at radius 1 is 0.550 bits per heavy atom. The van der Waals surface area contributed by atoms with E-state index in [1.807, 2.05) is 0 Å². The monoisotopic (exact) mass is 558 g/mol. The predicted molar refractivity (Wildman–Crippen MR) is 138 cm³/mol. The minimum Gasteiger partial charge on any atom is -0.480 e. The third-order valence-corrected chi connectivity index (χ3v) is 5.55. The van der Waals surface area contributed by atoms with Crippen molar-refractivity contribution >= 4 is 35.7 Å². The SMILES string of the molecule is O=C(O)CN(CCN(CC(=O)O)CC(=O)N[C@@H](C(=O)O)c1ccccc1)CC(=O)N[C@@H](C(=O)O)c1ccccc1. The number of rotatable bonds is 17. The third kappa shape index (κ3) is 10.9. The summed E-state index contributed by atoms with van der Waals surface area (Å²) in [4.78, 5) is 73.6. The maximum Gasteiger partial charge on any atom is 0.330 e. The molecule has 0 saturated carbocycles. The van der Waals surface area contributed by atoms with E-state index in [4.69, 9.17) is 0 Å². The molecule has 0 saturated heterocycles. The lowest BCUT2D eigenvalue weighted by Crippen LogP contribution is -2.48. The molecular formula is C26H30N4O10. The average Bonchev–Trinajstić information content (AvgIpc) is 2.89. The van der Waals surface area contributed by atoms with E-state index in [1.54, 1.807) is 36.4 Å². The van der Waals surface area contributed by atoms with Crippen molar-refractivity contribution in [3.05, 3.63) is 71.8 Å². The van der Waals surface area contributed by atoms with Gasteiger partial charge in [0.25, 0.3) is 0 Å². The first kappa shape index (κ1) is 31.4. The van der Waals surface area contributed by atoms with Crippen LogP contribution in [0.4, 0.5) is 0 Å². The molecule has 2 atom stereocenters. The van der Waals surface area contributed by atoms with Gasteiger partial charge < -0.3 is 31.1 Å². The van der Waals surface area contributed by atoms with Crippen LogP contribution in [0.15, 0.2) is 60.7 Å². The van der Waals surface area contributed by atoms with Gasteiger partial charge in [-0.05, 0) is 11.1 Å². The van der Waals surface area contributed by atoms with E-state index < -0.39 is 74.0 Å². The molecule has 2 amide bonds. The number of hydrogen-bond acceptors (Lipinski definition) is 8. The van der Waals surface area contributed by atoms with E-state index in [9.17, 15) is 49.2 Å². The van der Waals surface area contributed by atoms with Crippen molar-refractivity contribution in [1.29, 1.82) is 0 Å². The van der Waals surface area contributed by atoms with Crippen LogP contribution in [0.3, 0.4) is 0 Å². The Morgan fingerprint density at radius 3 is 1.15 bits per heavy atom. The number of benzene rings is 2. The second-order valence-electron chi connectivity index (χ2n) is 8.71. The normalized spacial score (nSPS) is 12.3. The lowest BCUT2D eigenvalue weighted by atomic mass is 10.1. The minimum atomic E-state index is -1.38. The fourth-order valence-electron chi connectivity index (χ4n) is 3.78. The molecule has 0 heterocycles. The van der Waals surface area contributed by atoms with Crippen LogP contribution in [-0.2, 0) is 28.8 Å². The van der Waals surface area contributed by atoms with Gasteiger partial charge in [-0.1, -0.05) is 60.7 Å². The number of carboxylic acids is 4.